The van der Waals surface area contributed by atoms with Crippen molar-refractivity contribution in [3.05, 3.63) is 37.8 Å². The average molecular weight is 240 g/mol. The van der Waals surface area contributed by atoms with Crippen molar-refractivity contribution in [3.63, 3.8) is 0 Å². The number of aliphatic carboxylic acids is 1. The van der Waals surface area contributed by atoms with Gasteiger partial charge in [0.1, 0.15) is 0 Å². The molecule has 0 saturated carbocycles. The van der Waals surface area contributed by atoms with E-state index in [1.54, 1.807) is 0 Å². The number of hydrogen-bond acceptors (Lipinski definition) is 4. The molecule has 0 spiro atoms. The third-order valence-corrected chi connectivity index (χ3v) is 2.45. The minimum absolute atomic E-state index is 0.00758. The number of pyridine rings is 1. The van der Waals surface area contributed by atoms with E-state index >= 15 is 0 Å². The van der Waals surface area contributed by atoms with E-state index < -0.39 is 22.1 Å². The zero-order chi connectivity index (χ0) is 13.0. The molecule has 1 aromatic heterocycles. The monoisotopic (exact) mass is 240 g/mol. The average Bonchev–Trinajstić information content (AvgIpc) is 2.20. The van der Waals surface area contributed by atoms with Crippen molar-refractivity contribution in [2.75, 3.05) is 0 Å². The molecule has 0 aliphatic carbocycles. The Hall–Kier alpha value is -2.18. The molecule has 0 unspecified atom stereocenters. The maximum absolute atomic E-state index is 11.2. The summed E-state index contributed by atoms with van der Waals surface area (Å²) in [6.07, 6.45) is 2.15. The number of hydrogen-bond donors (Lipinski definition) is 2. The zero-order valence-corrected chi connectivity index (χ0v) is 9.23. The second-order valence-corrected chi connectivity index (χ2v) is 3.62. The number of H-pyrrole nitrogens is 1. The van der Waals surface area contributed by atoms with Crippen molar-refractivity contribution < 1.29 is 14.8 Å². The summed E-state index contributed by atoms with van der Waals surface area (Å²) >= 11 is 0. The number of rotatable bonds is 5. The van der Waals surface area contributed by atoms with Crippen LogP contribution in [0.15, 0.2) is 11.0 Å². The van der Waals surface area contributed by atoms with Gasteiger partial charge in [-0.2, -0.15) is 0 Å². The van der Waals surface area contributed by atoms with Crippen molar-refractivity contribution >= 4 is 11.7 Å². The second kappa shape index (κ2) is 5.24. The molecular formula is C10H12N2O5. The fraction of sp³-hybridized carbons (Fsp3) is 0.400. The Balaban J connectivity index is 2.95. The molecule has 0 atom stereocenters. The van der Waals surface area contributed by atoms with Crippen LogP contribution >= 0.6 is 0 Å². The van der Waals surface area contributed by atoms with Gasteiger partial charge in [-0.3, -0.25) is 19.7 Å². The molecule has 7 nitrogen and oxygen atoms in total. The molecule has 0 aromatic carbocycles. The number of carbonyl (C=O) groups is 1. The Bertz CT molecular complexity index is 506. The summed E-state index contributed by atoms with van der Waals surface area (Å²) < 4.78 is 0. The smallest absolute Gasteiger partial charge is 0.337 e. The van der Waals surface area contributed by atoms with Crippen LogP contribution in [-0.4, -0.2) is 21.0 Å². The van der Waals surface area contributed by atoms with E-state index in [1.165, 1.54) is 13.1 Å². The minimum Gasteiger partial charge on any atom is -0.481 e. The third-order valence-electron chi connectivity index (χ3n) is 2.45. The number of nitro groups is 1. The molecule has 17 heavy (non-hydrogen) atoms. The summed E-state index contributed by atoms with van der Waals surface area (Å²) in [5, 5.41) is 19.1. The molecule has 1 rings (SSSR count). The first kappa shape index (κ1) is 12.9. The summed E-state index contributed by atoms with van der Waals surface area (Å²) in [4.78, 5) is 33.8. The Morgan fingerprint density at radius 2 is 2.24 bits per heavy atom. The summed E-state index contributed by atoms with van der Waals surface area (Å²) in [7, 11) is 0. The number of carboxylic acid groups (broad SMARTS) is 1. The van der Waals surface area contributed by atoms with E-state index in [0.29, 0.717) is 24.0 Å². The van der Waals surface area contributed by atoms with Crippen LogP contribution in [0.25, 0.3) is 0 Å². The maximum atomic E-state index is 11.2. The summed E-state index contributed by atoms with van der Waals surface area (Å²) in [6.45, 7) is 1.49. The maximum Gasteiger partial charge on any atom is 0.337 e. The van der Waals surface area contributed by atoms with E-state index in [9.17, 15) is 19.7 Å². The largest absolute Gasteiger partial charge is 0.481 e. The van der Waals surface area contributed by atoms with E-state index in [2.05, 4.69) is 4.98 Å². The van der Waals surface area contributed by atoms with E-state index in [0.717, 1.165) is 0 Å². The van der Waals surface area contributed by atoms with Crippen LogP contribution in [-0.2, 0) is 11.2 Å². The van der Waals surface area contributed by atoms with Gasteiger partial charge in [-0.15, -0.1) is 0 Å². The molecule has 7 heteroatoms. The minimum atomic E-state index is -0.915. The van der Waals surface area contributed by atoms with Gasteiger partial charge in [0.05, 0.1) is 4.92 Å². The number of aryl methyl sites for hydroxylation is 1. The standard InChI is InChI=1S/C10H12N2O5/c1-6-7(3-2-4-8(13)14)5-11-10(15)9(6)12(16)17/h5H,2-4H2,1H3,(H,11,15)(H,13,14). The number of nitrogens with zero attached hydrogens (tertiary/aromatic N) is 1. The predicted molar refractivity (Wildman–Crippen MR) is 59.0 cm³/mol. The summed E-state index contributed by atoms with van der Waals surface area (Å²) in [5.74, 6) is -0.915. The molecule has 92 valence electrons. The molecule has 0 bridgehead atoms. The molecule has 2 N–H and O–H groups in total. The van der Waals surface area contributed by atoms with Crippen LogP contribution < -0.4 is 5.56 Å². The molecule has 0 radical (unpaired) electrons. The summed E-state index contributed by atoms with van der Waals surface area (Å²) in [5.41, 5.74) is -0.325. The van der Waals surface area contributed by atoms with Crippen LogP contribution in [0, 0.1) is 17.0 Å². The van der Waals surface area contributed by atoms with Gasteiger partial charge in [0.15, 0.2) is 0 Å². The van der Waals surface area contributed by atoms with E-state index in [-0.39, 0.29) is 6.42 Å². The van der Waals surface area contributed by atoms with Gasteiger partial charge < -0.3 is 10.1 Å². The van der Waals surface area contributed by atoms with Gasteiger partial charge in [0.25, 0.3) is 0 Å². The molecule has 0 fully saturated rings. The quantitative estimate of drug-likeness (QED) is 0.588. The molecule has 0 aliphatic heterocycles. The molecule has 1 aromatic rings. The van der Waals surface area contributed by atoms with Gasteiger partial charge in [-0.1, -0.05) is 0 Å². The van der Waals surface area contributed by atoms with E-state index in [1.807, 2.05) is 0 Å². The fourth-order valence-corrected chi connectivity index (χ4v) is 1.56. The molecule has 1 heterocycles. The lowest BCUT2D eigenvalue weighted by Gasteiger charge is -2.04. The van der Waals surface area contributed by atoms with Gasteiger partial charge in [0, 0.05) is 18.2 Å². The van der Waals surface area contributed by atoms with Crippen molar-refractivity contribution in [2.45, 2.75) is 26.2 Å². The summed E-state index contributed by atoms with van der Waals surface area (Å²) in [6, 6.07) is 0. The van der Waals surface area contributed by atoms with Crippen molar-refractivity contribution in [3.8, 4) is 0 Å². The zero-order valence-electron chi connectivity index (χ0n) is 9.23. The number of aromatic nitrogens is 1. The van der Waals surface area contributed by atoms with Crippen LogP contribution in [0.5, 0.6) is 0 Å². The first-order chi connectivity index (χ1) is 7.93. The highest BCUT2D eigenvalue weighted by Crippen LogP contribution is 2.17. The van der Waals surface area contributed by atoms with Crippen LogP contribution in [0.4, 0.5) is 5.69 Å². The molecule has 0 aliphatic rings. The van der Waals surface area contributed by atoms with Crippen molar-refractivity contribution in [1.29, 1.82) is 0 Å². The lowest BCUT2D eigenvalue weighted by molar-refractivity contribution is -0.386. The third kappa shape index (κ3) is 3.13. The number of nitrogens with one attached hydrogen (secondary N) is 1. The fourth-order valence-electron chi connectivity index (χ4n) is 1.56. The normalized spacial score (nSPS) is 10.2. The Kier molecular flexibility index (Phi) is 3.97. The lowest BCUT2D eigenvalue weighted by Crippen LogP contribution is -2.14. The second-order valence-electron chi connectivity index (χ2n) is 3.62. The first-order valence-corrected chi connectivity index (χ1v) is 5.01. The SMILES string of the molecule is Cc1c(CCCC(=O)O)c[nH]c(=O)c1[N+](=O)[O-]. The molecular weight excluding hydrogens is 228 g/mol. The van der Waals surface area contributed by atoms with E-state index in [4.69, 9.17) is 5.11 Å². The van der Waals surface area contributed by atoms with Gasteiger partial charge in [0.2, 0.25) is 0 Å². The lowest BCUT2D eigenvalue weighted by atomic mass is 10.0. The number of aromatic amines is 1. The van der Waals surface area contributed by atoms with Crippen LogP contribution in [0.2, 0.25) is 0 Å². The van der Waals surface area contributed by atoms with Crippen LogP contribution in [0.1, 0.15) is 24.0 Å². The van der Waals surface area contributed by atoms with Gasteiger partial charge in [-0.25, -0.2) is 0 Å². The highest BCUT2D eigenvalue weighted by molar-refractivity contribution is 5.66. The Morgan fingerprint density at radius 1 is 1.59 bits per heavy atom. The highest BCUT2D eigenvalue weighted by Gasteiger charge is 2.18. The Morgan fingerprint density at radius 3 is 2.76 bits per heavy atom. The Labute approximate surface area is 96.2 Å². The first-order valence-electron chi connectivity index (χ1n) is 5.01. The molecule has 0 amide bonds. The van der Waals surface area contributed by atoms with Crippen LogP contribution in [0.3, 0.4) is 0 Å². The highest BCUT2D eigenvalue weighted by atomic mass is 16.6. The molecule has 0 saturated heterocycles. The topological polar surface area (TPSA) is 113 Å². The number of carboxylic acids is 1. The van der Waals surface area contributed by atoms with Gasteiger partial charge >= 0.3 is 17.2 Å². The van der Waals surface area contributed by atoms with Crippen molar-refractivity contribution in [2.24, 2.45) is 0 Å². The van der Waals surface area contributed by atoms with Gasteiger partial charge in [-0.05, 0) is 25.3 Å². The predicted octanol–water partition coefficient (Wildman–Crippen LogP) is 0.999. The van der Waals surface area contributed by atoms with Crippen molar-refractivity contribution in [1.82, 2.24) is 4.98 Å².